The predicted octanol–water partition coefficient (Wildman–Crippen LogP) is 5.99. The molecule has 0 aliphatic rings. The Hall–Kier alpha value is -1.19. The molecule has 100 valence electrons. The van der Waals surface area contributed by atoms with E-state index in [0.29, 0.717) is 21.2 Å². The fourth-order valence-corrected chi connectivity index (χ4v) is 2.27. The highest BCUT2D eigenvalue weighted by Crippen LogP contribution is 2.36. The molecular weight excluding hydrogens is 296 g/mol. The maximum atomic E-state index is 12.7. The number of hydrogen-bond acceptors (Lipinski definition) is 0. The normalized spacial score (nSPS) is 11.7. The van der Waals surface area contributed by atoms with Gasteiger partial charge in [-0.05, 0) is 42.3 Å². The quantitative estimate of drug-likeness (QED) is 0.607. The lowest BCUT2D eigenvalue weighted by Crippen LogP contribution is -2.07. The van der Waals surface area contributed by atoms with Crippen LogP contribution in [0.2, 0.25) is 10.0 Å². The molecule has 0 amide bonds. The van der Waals surface area contributed by atoms with E-state index in [4.69, 9.17) is 23.2 Å². The summed E-state index contributed by atoms with van der Waals surface area (Å²) >= 11 is 11.9. The first-order chi connectivity index (χ1) is 8.79. The van der Waals surface area contributed by atoms with Gasteiger partial charge in [-0.1, -0.05) is 35.3 Å². The van der Waals surface area contributed by atoms with Crippen molar-refractivity contribution in [1.82, 2.24) is 0 Å². The second kappa shape index (κ2) is 5.06. The highest BCUT2D eigenvalue weighted by Gasteiger charge is 2.32. The second-order valence-electron chi connectivity index (χ2n) is 4.15. The van der Waals surface area contributed by atoms with E-state index in [-0.39, 0.29) is 5.56 Å². The molecule has 0 atom stereocenters. The van der Waals surface area contributed by atoms with Gasteiger partial charge in [-0.15, -0.1) is 0 Å². The smallest absolute Gasteiger partial charge is 0.166 e. The van der Waals surface area contributed by atoms with Gasteiger partial charge >= 0.3 is 6.18 Å². The molecule has 0 saturated heterocycles. The van der Waals surface area contributed by atoms with Gasteiger partial charge in [-0.25, -0.2) is 0 Å². The average Bonchev–Trinajstić information content (AvgIpc) is 2.30. The lowest BCUT2D eigenvalue weighted by atomic mass is 9.99. The van der Waals surface area contributed by atoms with Gasteiger partial charge in [-0.3, -0.25) is 0 Å². The van der Waals surface area contributed by atoms with Gasteiger partial charge in [0.05, 0.1) is 5.56 Å². The van der Waals surface area contributed by atoms with Crippen LogP contribution in [0, 0.1) is 6.92 Å². The summed E-state index contributed by atoms with van der Waals surface area (Å²) in [7, 11) is 0. The lowest BCUT2D eigenvalue weighted by Gasteiger charge is -2.12. The number of alkyl halides is 3. The maximum absolute atomic E-state index is 12.7. The average molecular weight is 305 g/mol. The Morgan fingerprint density at radius 2 is 1.63 bits per heavy atom. The summed E-state index contributed by atoms with van der Waals surface area (Å²) in [5.41, 5.74) is 0.736. The Bertz CT molecular complexity index is 619. The monoisotopic (exact) mass is 304 g/mol. The Labute approximate surface area is 118 Å². The summed E-state index contributed by atoms with van der Waals surface area (Å²) in [6.45, 7) is 1.42. The number of benzene rings is 2. The standard InChI is InChI=1S/C14H9Cl2F3/c1-8-6-9(2-4-12(8)14(17,18)19)11-7-10(15)3-5-13(11)16/h2-7H,1H3. The molecule has 0 unspecified atom stereocenters. The van der Waals surface area contributed by atoms with Gasteiger partial charge in [0.2, 0.25) is 0 Å². The first kappa shape index (κ1) is 14.2. The van der Waals surface area contributed by atoms with Crippen LogP contribution in [0.4, 0.5) is 13.2 Å². The van der Waals surface area contributed by atoms with Crippen LogP contribution in [-0.4, -0.2) is 0 Å². The van der Waals surface area contributed by atoms with Crippen LogP contribution in [0.1, 0.15) is 11.1 Å². The van der Waals surface area contributed by atoms with E-state index >= 15 is 0 Å². The fourth-order valence-electron chi connectivity index (χ4n) is 1.87. The van der Waals surface area contributed by atoms with Crippen LogP contribution < -0.4 is 0 Å². The third-order valence-corrected chi connectivity index (χ3v) is 3.34. The van der Waals surface area contributed by atoms with Crippen LogP contribution in [-0.2, 0) is 6.18 Å². The van der Waals surface area contributed by atoms with Gasteiger partial charge in [-0.2, -0.15) is 13.2 Å². The third-order valence-electron chi connectivity index (χ3n) is 2.77. The highest BCUT2D eigenvalue weighted by molar-refractivity contribution is 6.35. The zero-order valence-electron chi connectivity index (χ0n) is 9.85. The van der Waals surface area contributed by atoms with Crippen LogP contribution in [0.15, 0.2) is 36.4 Å². The molecule has 2 aromatic carbocycles. The molecule has 0 heterocycles. The van der Waals surface area contributed by atoms with Crippen LogP contribution in [0.5, 0.6) is 0 Å². The van der Waals surface area contributed by atoms with E-state index in [2.05, 4.69) is 0 Å². The first-order valence-corrected chi connectivity index (χ1v) is 6.18. The van der Waals surface area contributed by atoms with Gasteiger partial charge in [0.1, 0.15) is 0 Å². The molecule has 0 fully saturated rings. The van der Waals surface area contributed by atoms with E-state index in [9.17, 15) is 13.2 Å². The largest absolute Gasteiger partial charge is 0.416 e. The molecule has 0 aliphatic heterocycles. The van der Waals surface area contributed by atoms with Gasteiger partial charge in [0, 0.05) is 15.6 Å². The molecule has 0 nitrogen and oxygen atoms in total. The van der Waals surface area contributed by atoms with Crippen molar-refractivity contribution in [2.24, 2.45) is 0 Å². The maximum Gasteiger partial charge on any atom is 0.416 e. The van der Waals surface area contributed by atoms with E-state index in [0.717, 1.165) is 6.07 Å². The SMILES string of the molecule is Cc1cc(-c2cc(Cl)ccc2Cl)ccc1C(F)(F)F. The molecule has 19 heavy (non-hydrogen) atoms. The molecule has 0 aliphatic carbocycles. The van der Waals surface area contributed by atoms with Gasteiger partial charge < -0.3 is 0 Å². The molecule has 2 aromatic rings. The van der Waals surface area contributed by atoms with Crippen molar-refractivity contribution in [2.45, 2.75) is 13.1 Å². The Kier molecular flexibility index (Phi) is 3.79. The number of hydrogen-bond donors (Lipinski definition) is 0. The van der Waals surface area contributed by atoms with E-state index in [1.54, 1.807) is 18.2 Å². The van der Waals surface area contributed by atoms with Crippen molar-refractivity contribution in [3.05, 3.63) is 57.6 Å². The second-order valence-corrected chi connectivity index (χ2v) is 5.00. The molecule has 0 N–H and O–H groups in total. The Morgan fingerprint density at radius 1 is 0.947 bits per heavy atom. The Balaban J connectivity index is 2.54. The van der Waals surface area contributed by atoms with Crippen LogP contribution in [0.3, 0.4) is 0 Å². The zero-order chi connectivity index (χ0) is 14.2. The number of rotatable bonds is 1. The predicted molar refractivity (Wildman–Crippen MR) is 71.6 cm³/mol. The third kappa shape index (κ3) is 3.04. The molecular formula is C14H9Cl2F3. The first-order valence-electron chi connectivity index (χ1n) is 5.42. The molecule has 0 saturated carbocycles. The van der Waals surface area contributed by atoms with Crippen molar-refractivity contribution in [3.63, 3.8) is 0 Å². The van der Waals surface area contributed by atoms with Crippen molar-refractivity contribution < 1.29 is 13.2 Å². The topological polar surface area (TPSA) is 0 Å². The zero-order valence-corrected chi connectivity index (χ0v) is 11.4. The summed E-state index contributed by atoms with van der Waals surface area (Å²) in [4.78, 5) is 0. The summed E-state index contributed by atoms with van der Waals surface area (Å²) < 4.78 is 38.0. The molecule has 5 heteroatoms. The van der Waals surface area contributed by atoms with E-state index in [1.165, 1.54) is 19.1 Å². The minimum atomic E-state index is -4.35. The van der Waals surface area contributed by atoms with Crippen molar-refractivity contribution in [2.75, 3.05) is 0 Å². The fraction of sp³-hybridized carbons (Fsp3) is 0.143. The molecule has 0 bridgehead atoms. The van der Waals surface area contributed by atoms with Gasteiger partial charge in [0.25, 0.3) is 0 Å². The molecule has 0 aromatic heterocycles. The number of halogens is 5. The number of aryl methyl sites for hydroxylation is 1. The molecule has 0 radical (unpaired) electrons. The Morgan fingerprint density at radius 3 is 2.21 bits per heavy atom. The lowest BCUT2D eigenvalue weighted by molar-refractivity contribution is -0.138. The molecule has 0 spiro atoms. The summed E-state index contributed by atoms with van der Waals surface area (Å²) in [6.07, 6.45) is -4.35. The minimum Gasteiger partial charge on any atom is -0.166 e. The van der Waals surface area contributed by atoms with E-state index in [1.807, 2.05) is 0 Å². The van der Waals surface area contributed by atoms with E-state index < -0.39 is 11.7 Å². The summed E-state index contributed by atoms with van der Waals surface area (Å²) in [5.74, 6) is 0. The van der Waals surface area contributed by atoms with Crippen LogP contribution in [0.25, 0.3) is 11.1 Å². The van der Waals surface area contributed by atoms with Crippen molar-refractivity contribution in [1.29, 1.82) is 0 Å². The molecule has 2 rings (SSSR count). The summed E-state index contributed by atoms with van der Waals surface area (Å²) in [5, 5.41) is 0.931. The van der Waals surface area contributed by atoms with Gasteiger partial charge in [0.15, 0.2) is 0 Å². The van der Waals surface area contributed by atoms with Crippen molar-refractivity contribution in [3.8, 4) is 11.1 Å². The minimum absolute atomic E-state index is 0.154. The highest BCUT2D eigenvalue weighted by atomic mass is 35.5. The van der Waals surface area contributed by atoms with Crippen LogP contribution >= 0.6 is 23.2 Å². The van der Waals surface area contributed by atoms with Crippen molar-refractivity contribution >= 4 is 23.2 Å². The summed E-state index contributed by atoms with van der Waals surface area (Å²) in [6, 6.07) is 8.79.